The third kappa shape index (κ3) is 4.43. The summed E-state index contributed by atoms with van der Waals surface area (Å²) in [6.07, 6.45) is 3.57. The molecule has 2 aromatic rings. The number of hydrogen-bond acceptors (Lipinski definition) is 5. The van der Waals surface area contributed by atoms with Gasteiger partial charge in [-0.05, 0) is 26.0 Å². The molecule has 0 spiro atoms. The summed E-state index contributed by atoms with van der Waals surface area (Å²) < 4.78 is 10.9. The number of rotatable bonds is 7. The number of nitrogens with zero attached hydrogens (tertiary/aromatic N) is 2. The fourth-order valence-corrected chi connectivity index (χ4v) is 1.96. The fourth-order valence-electron chi connectivity index (χ4n) is 1.96. The van der Waals surface area contributed by atoms with Crippen LogP contribution in [0.25, 0.3) is 0 Å². The largest absolute Gasteiger partial charge is 0.481 e. The topological polar surface area (TPSA) is 56.3 Å². The van der Waals surface area contributed by atoms with E-state index in [0.717, 1.165) is 11.1 Å². The lowest BCUT2D eigenvalue weighted by molar-refractivity contribution is 0.229. The molecule has 2 heterocycles. The summed E-state index contributed by atoms with van der Waals surface area (Å²) in [4.78, 5) is 8.46. The normalized spacial score (nSPS) is 10.7. The van der Waals surface area contributed by atoms with E-state index in [0.29, 0.717) is 24.8 Å². The van der Waals surface area contributed by atoms with Gasteiger partial charge in [0.25, 0.3) is 0 Å². The molecule has 0 radical (unpaired) electrons. The molecule has 0 fully saturated rings. The van der Waals surface area contributed by atoms with Crippen molar-refractivity contribution < 1.29 is 9.47 Å². The lowest BCUT2D eigenvalue weighted by atomic mass is 10.2. The molecule has 112 valence electrons. The summed E-state index contributed by atoms with van der Waals surface area (Å²) >= 11 is 0. The number of ether oxygens (including phenoxy) is 2. The van der Waals surface area contributed by atoms with Crippen LogP contribution in [0.3, 0.4) is 0 Å². The molecule has 0 aliphatic rings. The molecule has 0 aliphatic heterocycles. The van der Waals surface area contributed by atoms with Crippen LogP contribution in [0.2, 0.25) is 0 Å². The first-order valence-electron chi connectivity index (χ1n) is 7.00. The summed E-state index contributed by atoms with van der Waals surface area (Å²) in [5.74, 6) is 1.33. The van der Waals surface area contributed by atoms with E-state index >= 15 is 0 Å². The highest BCUT2D eigenvalue weighted by atomic mass is 16.5. The van der Waals surface area contributed by atoms with Crippen LogP contribution in [0, 0.1) is 0 Å². The van der Waals surface area contributed by atoms with E-state index in [9.17, 15) is 0 Å². The quantitative estimate of drug-likeness (QED) is 0.848. The Kier molecular flexibility index (Phi) is 5.51. The molecule has 2 rings (SSSR count). The third-order valence-corrected chi connectivity index (χ3v) is 2.87. The molecule has 5 heteroatoms. The highest BCUT2D eigenvalue weighted by Gasteiger charge is 2.07. The van der Waals surface area contributed by atoms with Gasteiger partial charge in [-0.2, -0.15) is 0 Å². The summed E-state index contributed by atoms with van der Waals surface area (Å²) in [5, 5.41) is 3.37. The van der Waals surface area contributed by atoms with Crippen LogP contribution >= 0.6 is 0 Å². The van der Waals surface area contributed by atoms with Crippen molar-refractivity contribution in [3.8, 4) is 11.8 Å². The Morgan fingerprint density at radius 1 is 1.00 bits per heavy atom. The van der Waals surface area contributed by atoms with Gasteiger partial charge in [0.2, 0.25) is 11.8 Å². The predicted octanol–water partition coefficient (Wildman–Crippen LogP) is 2.56. The Morgan fingerprint density at radius 2 is 1.57 bits per heavy atom. The van der Waals surface area contributed by atoms with Crippen molar-refractivity contribution in [3.63, 3.8) is 0 Å². The molecular formula is C16H21N3O2. The summed E-state index contributed by atoms with van der Waals surface area (Å²) in [6, 6.07) is 7.82. The zero-order valence-corrected chi connectivity index (χ0v) is 12.7. The zero-order chi connectivity index (χ0) is 15.1. The van der Waals surface area contributed by atoms with Crippen molar-refractivity contribution >= 4 is 0 Å². The van der Waals surface area contributed by atoms with Crippen molar-refractivity contribution in [1.29, 1.82) is 0 Å². The minimum atomic E-state index is 0.108. The van der Waals surface area contributed by atoms with Gasteiger partial charge in [-0.1, -0.05) is 12.1 Å². The van der Waals surface area contributed by atoms with Crippen molar-refractivity contribution in [2.45, 2.75) is 33.0 Å². The van der Waals surface area contributed by atoms with Gasteiger partial charge < -0.3 is 14.8 Å². The van der Waals surface area contributed by atoms with E-state index in [4.69, 9.17) is 9.47 Å². The zero-order valence-electron chi connectivity index (χ0n) is 12.7. The van der Waals surface area contributed by atoms with Gasteiger partial charge >= 0.3 is 0 Å². The maximum absolute atomic E-state index is 5.70. The molecule has 2 aromatic heterocycles. The van der Waals surface area contributed by atoms with Gasteiger partial charge in [0.1, 0.15) is 0 Å². The summed E-state index contributed by atoms with van der Waals surface area (Å²) in [7, 11) is 1.63. The number of methoxy groups -OCH3 is 1. The minimum Gasteiger partial charge on any atom is -0.481 e. The SMILES string of the molecule is COc1ncccc1CNCc1cccnc1OC(C)C. The molecule has 0 atom stereocenters. The van der Waals surface area contributed by atoms with Crippen LogP contribution < -0.4 is 14.8 Å². The predicted molar refractivity (Wildman–Crippen MR) is 81.3 cm³/mol. The maximum atomic E-state index is 5.70. The van der Waals surface area contributed by atoms with E-state index in [1.807, 2.05) is 38.1 Å². The Bertz CT molecular complexity index is 573. The van der Waals surface area contributed by atoms with E-state index < -0.39 is 0 Å². The molecule has 5 nitrogen and oxygen atoms in total. The Morgan fingerprint density at radius 3 is 2.14 bits per heavy atom. The monoisotopic (exact) mass is 287 g/mol. The highest BCUT2D eigenvalue weighted by Crippen LogP contribution is 2.17. The lowest BCUT2D eigenvalue weighted by Gasteiger charge is -2.13. The molecular weight excluding hydrogens is 266 g/mol. The Labute approximate surface area is 125 Å². The third-order valence-electron chi connectivity index (χ3n) is 2.87. The number of hydrogen-bond donors (Lipinski definition) is 1. The first-order chi connectivity index (χ1) is 10.2. The number of pyridine rings is 2. The maximum Gasteiger partial charge on any atom is 0.218 e. The van der Waals surface area contributed by atoms with Crippen LogP contribution in [-0.2, 0) is 13.1 Å². The Balaban J connectivity index is 1.97. The van der Waals surface area contributed by atoms with E-state index in [1.165, 1.54) is 0 Å². The van der Waals surface area contributed by atoms with Crippen LogP contribution in [0.4, 0.5) is 0 Å². The molecule has 0 saturated carbocycles. The van der Waals surface area contributed by atoms with E-state index in [2.05, 4.69) is 15.3 Å². The first kappa shape index (κ1) is 15.3. The van der Waals surface area contributed by atoms with E-state index in [1.54, 1.807) is 19.5 Å². The van der Waals surface area contributed by atoms with Gasteiger partial charge in [0.05, 0.1) is 13.2 Å². The Hall–Kier alpha value is -2.14. The lowest BCUT2D eigenvalue weighted by Crippen LogP contribution is -2.16. The molecule has 0 bridgehead atoms. The molecule has 0 amide bonds. The number of nitrogens with one attached hydrogen (secondary N) is 1. The van der Waals surface area contributed by atoms with Crippen LogP contribution in [0.15, 0.2) is 36.7 Å². The number of aromatic nitrogens is 2. The molecule has 0 saturated heterocycles. The van der Waals surface area contributed by atoms with Gasteiger partial charge in [0.15, 0.2) is 0 Å². The second-order valence-corrected chi connectivity index (χ2v) is 4.91. The second-order valence-electron chi connectivity index (χ2n) is 4.91. The van der Waals surface area contributed by atoms with Crippen molar-refractivity contribution in [2.75, 3.05) is 7.11 Å². The van der Waals surface area contributed by atoms with Gasteiger partial charge in [-0.3, -0.25) is 0 Å². The smallest absolute Gasteiger partial charge is 0.218 e. The van der Waals surface area contributed by atoms with Gasteiger partial charge in [-0.15, -0.1) is 0 Å². The second kappa shape index (κ2) is 7.59. The van der Waals surface area contributed by atoms with Crippen LogP contribution in [0.1, 0.15) is 25.0 Å². The molecule has 0 aliphatic carbocycles. The fraction of sp³-hybridized carbons (Fsp3) is 0.375. The van der Waals surface area contributed by atoms with E-state index in [-0.39, 0.29) is 6.10 Å². The highest BCUT2D eigenvalue weighted by molar-refractivity contribution is 5.27. The van der Waals surface area contributed by atoms with Crippen LogP contribution in [-0.4, -0.2) is 23.2 Å². The first-order valence-corrected chi connectivity index (χ1v) is 7.00. The molecule has 0 aromatic carbocycles. The minimum absolute atomic E-state index is 0.108. The summed E-state index contributed by atoms with van der Waals surface area (Å²) in [6.45, 7) is 5.33. The van der Waals surface area contributed by atoms with Crippen molar-refractivity contribution in [1.82, 2.24) is 15.3 Å². The van der Waals surface area contributed by atoms with Gasteiger partial charge in [-0.25, -0.2) is 9.97 Å². The van der Waals surface area contributed by atoms with Crippen molar-refractivity contribution in [3.05, 3.63) is 47.8 Å². The average molecular weight is 287 g/mol. The average Bonchev–Trinajstić information content (AvgIpc) is 2.49. The van der Waals surface area contributed by atoms with Crippen molar-refractivity contribution in [2.24, 2.45) is 0 Å². The molecule has 0 unspecified atom stereocenters. The molecule has 21 heavy (non-hydrogen) atoms. The molecule has 1 N–H and O–H groups in total. The standard InChI is InChI=1S/C16H21N3O2/c1-12(2)21-16-14(7-5-9-19-16)11-17-10-13-6-4-8-18-15(13)20-3/h4-9,12,17H,10-11H2,1-3H3. The van der Waals surface area contributed by atoms with Gasteiger partial charge in [0, 0.05) is 36.6 Å². The van der Waals surface area contributed by atoms with Crippen LogP contribution in [0.5, 0.6) is 11.8 Å². The summed E-state index contributed by atoms with van der Waals surface area (Å²) in [5.41, 5.74) is 2.06.